The number of nitrogens with one attached hydrogen (secondary N) is 1. The standard InChI is InChI=1S/C15H21NO3/c17-9-10-3-5-11(6-4-10)16-15(18)13-8-12(13)14-2-1-7-19-14/h1-2,7,10-13,17H,3-6,8-9H2,(H,16,18). The minimum atomic E-state index is 0.0988. The average Bonchev–Trinajstić information content (AvgIpc) is 3.06. The van der Waals surface area contributed by atoms with E-state index in [9.17, 15) is 4.79 Å². The molecule has 0 saturated heterocycles. The summed E-state index contributed by atoms with van der Waals surface area (Å²) < 4.78 is 5.35. The van der Waals surface area contributed by atoms with Crippen LogP contribution in [0.3, 0.4) is 0 Å². The Hall–Kier alpha value is -1.29. The van der Waals surface area contributed by atoms with Crippen LogP contribution in [0, 0.1) is 11.8 Å². The van der Waals surface area contributed by atoms with E-state index in [0.717, 1.165) is 37.9 Å². The minimum absolute atomic E-state index is 0.0988. The predicted octanol–water partition coefficient (Wildman–Crippen LogP) is 2.05. The molecular weight excluding hydrogens is 242 g/mol. The van der Waals surface area contributed by atoms with Crippen molar-refractivity contribution in [1.82, 2.24) is 5.32 Å². The summed E-state index contributed by atoms with van der Waals surface area (Å²) in [6.07, 6.45) is 6.61. The summed E-state index contributed by atoms with van der Waals surface area (Å²) in [5, 5.41) is 12.3. The molecule has 2 saturated carbocycles. The van der Waals surface area contributed by atoms with Gasteiger partial charge in [0.25, 0.3) is 0 Å². The topological polar surface area (TPSA) is 62.5 Å². The number of amides is 1. The molecule has 104 valence electrons. The van der Waals surface area contributed by atoms with Gasteiger partial charge in [0.15, 0.2) is 0 Å². The summed E-state index contributed by atoms with van der Waals surface area (Å²) in [5.41, 5.74) is 0. The molecule has 0 aromatic carbocycles. The molecule has 2 N–H and O–H groups in total. The molecule has 2 unspecified atom stereocenters. The number of hydrogen-bond acceptors (Lipinski definition) is 3. The molecule has 19 heavy (non-hydrogen) atoms. The molecule has 0 aliphatic heterocycles. The SMILES string of the molecule is O=C(NC1CCC(CO)CC1)C1CC1c1ccco1. The average molecular weight is 263 g/mol. The fourth-order valence-corrected chi connectivity index (χ4v) is 3.10. The zero-order valence-corrected chi connectivity index (χ0v) is 11.0. The van der Waals surface area contributed by atoms with Crippen molar-refractivity contribution >= 4 is 5.91 Å². The van der Waals surface area contributed by atoms with E-state index in [4.69, 9.17) is 9.52 Å². The normalized spacial score (nSPS) is 33.9. The largest absolute Gasteiger partial charge is 0.469 e. The minimum Gasteiger partial charge on any atom is -0.469 e. The van der Waals surface area contributed by atoms with Crippen molar-refractivity contribution in [3.8, 4) is 0 Å². The Morgan fingerprint density at radius 2 is 2.16 bits per heavy atom. The molecule has 1 amide bonds. The van der Waals surface area contributed by atoms with Crippen LogP contribution in [-0.2, 0) is 4.79 Å². The van der Waals surface area contributed by atoms with Crippen LogP contribution in [0.2, 0.25) is 0 Å². The van der Waals surface area contributed by atoms with E-state index in [1.807, 2.05) is 12.1 Å². The lowest BCUT2D eigenvalue weighted by atomic mass is 9.86. The van der Waals surface area contributed by atoms with Gasteiger partial charge in [0, 0.05) is 24.5 Å². The van der Waals surface area contributed by atoms with E-state index < -0.39 is 0 Å². The molecule has 0 bridgehead atoms. The summed E-state index contributed by atoms with van der Waals surface area (Å²) in [5.74, 6) is 1.92. The molecule has 0 spiro atoms. The summed E-state index contributed by atoms with van der Waals surface area (Å²) in [4.78, 5) is 12.1. The molecular formula is C15H21NO3. The maximum Gasteiger partial charge on any atom is 0.224 e. The first kappa shape index (κ1) is 12.7. The lowest BCUT2D eigenvalue weighted by Crippen LogP contribution is -2.39. The molecule has 4 heteroatoms. The molecule has 3 rings (SSSR count). The summed E-state index contributed by atoms with van der Waals surface area (Å²) in [6, 6.07) is 4.12. The van der Waals surface area contributed by atoms with Crippen LogP contribution in [0.25, 0.3) is 0 Å². The molecule has 0 radical (unpaired) electrons. The smallest absolute Gasteiger partial charge is 0.224 e. The van der Waals surface area contributed by atoms with Gasteiger partial charge in [-0.05, 0) is 50.2 Å². The summed E-state index contributed by atoms with van der Waals surface area (Å²) in [6.45, 7) is 0.282. The van der Waals surface area contributed by atoms with Gasteiger partial charge < -0.3 is 14.8 Å². The Kier molecular flexibility index (Phi) is 3.60. The van der Waals surface area contributed by atoms with Crippen molar-refractivity contribution in [1.29, 1.82) is 0 Å². The Bertz CT molecular complexity index is 421. The molecule has 1 heterocycles. The number of carbonyl (C=O) groups is 1. The van der Waals surface area contributed by atoms with E-state index in [2.05, 4.69) is 5.32 Å². The lowest BCUT2D eigenvalue weighted by Gasteiger charge is -2.28. The number of aliphatic hydroxyl groups excluding tert-OH is 1. The highest BCUT2D eigenvalue weighted by molar-refractivity contribution is 5.82. The number of rotatable bonds is 4. The van der Waals surface area contributed by atoms with Gasteiger partial charge in [0.1, 0.15) is 5.76 Å². The Morgan fingerprint density at radius 3 is 2.79 bits per heavy atom. The zero-order chi connectivity index (χ0) is 13.2. The van der Waals surface area contributed by atoms with Gasteiger partial charge in [-0.15, -0.1) is 0 Å². The fraction of sp³-hybridized carbons (Fsp3) is 0.667. The quantitative estimate of drug-likeness (QED) is 0.874. The lowest BCUT2D eigenvalue weighted by molar-refractivity contribution is -0.123. The van der Waals surface area contributed by atoms with Crippen LogP contribution >= 0.6 is 0 Å². The molecule has 2 fully saturated rings. The van der Waals surface area contributed by atoms with E-state index in [1.54, 1.807) is 6.26 Å². The number of aliphatic hydroxyl groups is 1. The van der Waals surface area contributed by atoms with Gasteiger partial charge in [0.2, 0.25) is 5.91 Å². The van der Waals surface area contributed by atoms with Crippen LogP contribution in [-0.4, -0.2) is 23.7 Å². The van der Waals surface area contributed by atoms with Gasteiger partial charge in [-0.2, -0.15) is 0 Å². The van der Waals surface area contributed by atoms with Crippen LogP contribution in [0.5, 0.6) is 0 Å². The molecule has 2 atom stereocenters. The van der Waals surface area contributed by atoms with E-state index in [0.29, 0.717) is 12.0 Å². The molecule has 1 aromatic rings. The monoisotopic (exact) mass is 263 g/mol. The second-order valence-electron chi connectivity index (χ2n) is 5.87. The Balaban J connectivity index is 1.46. The highest BCUT2D eigenvalue weighted by Gasteiger charge is 2.46. The molecule has 2 aliphatic carbocycles. The van der Waals surface area contributed by atoms with Gasteiger partial charge in [-0.25, -0.2) is 0 Å². The third-order valence-corrected chi connectivity index (χ3v) is 4.49. The number of carbonyl (C=O) groups excluding carboxylic acids is 1. The maximum absolute atomic E-state index is 12.1. The van der Waals surface area contributed by atoms with Gasteiger partial charge in [0.05, 0.1) is 6.26 Å². The van der Waals surface area contributed by atoms with Gasteiger partial charge >= 0.3 is 0 Å². The van der Waals surface area contributed by atoms with E-state index >= 15 is 0 Å². The Morgan fingerprint density at radius 1 is 1.37 bits per heavy atom. The van der Waals surface area contributed by atoms with Crippen molar-refractivity contribution in [3.05, 3.63) is 24.2 Å². The van der Waals surface area contributed by atoms with Crippen molar-refractivity contribution in [2.45, 2.75) is 44.1 Å². The second kappa shape index (κ2) is 5.37. The fourth-order valence-electron chi connectivity index (χ4n) is 3.10. The first-order valence-corrected chi connectivity index (χ1v) is 7.22. The first-order valence-electron chi connectivity index (χ1n) is 7.22. The summed E-state index contributed by atoms with van der Waals surface area (Å²) >= 11 is 0. The van der Waals surface area contributed by atoms with Gasteiger partial charge in [-0.3, -0.25) is 4.79 Å². The van der Waals surface area contributed by atoms with E-state index in [-0.39, 0.29) is 24.3 Å². The third kappa shape index (κ3) is 2.84. The van der Waals surface area contributed by atoms with Crippen LogP contribution < -0.4 is 5.32 Å². The van der Waals surface area contributed by atoms with Crippen molar-refractivity contribution in [3.63, 3.8) is 0 Å². The van der Waals surface area contributed by atoms with Crippen molar-refractivity contribution in [2.75, 3.05) is 6.61 Å². The number of furan rings is 1. The van der Waals surface area contributed by atoms with E-state index in [1.165, 1.54) is 0 Å². The zero-order valence-electron chi connectivity index (χ0n) is 11.0. The Labute approximate surface area is 113 Å². The van der Waals surface area contributed by atoms with Crippen LogP contribution in [0.1, 0.15) is 43.8 Å². The summed E-state index contributed by atoms with van der Waals surface area (Å²) in [7, 11) is 0. The van der Waals surface area contributed by atoms with Crippen LogP contribution in [0.4, 0.5) is 0 Å². The third-order valence-electron chi connectivity index (χ3n) is 4.49. The molecule has 1 aromatic heterocycles. The highest BCUT2D eigenvalue weighted by Crippen LogP contribution is 2.47. The predicted molar refractivity (Wildman–Crippen MR) is 70.5 cm³/mol. The molecule has 2 aliphatic rings. The molecule has 4 nitrogen and oxygen atoms in total. The highest BCUT2D eigenvalue weighted by atomic mass is 16.3. The maximum atomic E-state index is 12.1. The second-order valence-corrected chi connectivity index (χ2v) is 5.87. The van der Waals surface area contributed by atoms with Crippen molar-refractivity contribution in [2.24, 2.45) is 11.8 Å². The number of hydrogen-bond donors (Lipinski definition) is 2. The van der Waals surface area contributed by atoms with Crippen molar-refractivity contribution < 1.29 is 14.3 Å². The first-order chi connectivity index (χ1) is 9.28. The van der Waals surface area contributed by atoms with Crippen LogP contribution in [0.15, 0.2) is 22.8 Å². The van der Waals surface area contributed by atoms with Gasteiger partial charge in [-0.1, -0.05) is 0 Å².